The molecule has 78 valence electrons. The van der Waals surface area contributed by atoms with Crippen LogP contribution in [0, 0.1) is 0 Å². The second kappa shape index (κ2) is 3.10. The highest BCUT2D eigenvalue weighted by molar-refractivity contribution is 5.93. The average molecular weight is 212 g/mol. The molecule has 0 unspecified atom stereocenters. The fourth-order valence-corrected chi connectivity index (χ4v) is 1.74. The molecule has 0 radical (unpaired) electrons. The zero-order chi connectivity index (χ0) is 11.1. The van der Waals surface area contributed by atoms with Crippen molar-refractivity contribution in [3.63, 3.8) is 0 Å². The number of rotatable bonds is 1. The topological polar surface area (TPSA) is 60.2 Å². The predicted molar refractivity (Wildman–Crippen MR) is 58.3 cm³/mol. The zero-order valence-electron chi connectivity index (χ0n) is 8.58. The summed E-state index contributed by atoms with van der Waals surface area (Å²) in [5, 5.41) is 7.79. The Bertz CT molecular complexity index is 701. The van der Waals surface area contributed by atoms with Crippen molar-refractivity contribution in [2.45, 2.75) is 6.92 Å². The van der Waals surface area contributed by atoms with Crippen molar-refractivity contribution in [1.82, 2.24) is 19.6 Å². The summed E-state index contributed by atoms with van der Waals surface area (Å²) >= 11 is 0. The number of hydrogen-bond acceptors (Lipinski definition) is 4. The van der Waals surface area contributed by atoms with Crippen LogP contribution in [0.15, 0.2) is 30.5 Å². The number of carbonyl (C=O) groups excluding carboxylic acids is 1. The van der Waals surface area contributed by atoms with Crippen molar-refractivity contribution in [3.8, 4) is 0 Å². The van der Waals surface area contributed by atoms with Crippen molar-refractivity contribution >= 4 is 22.5 Å². The standard InChI is InChI=1S/C11H8N4O/c1-7(16)11-14-13-10-6-12-8-4-2-3-5-9(8)15(10)11/h2-6H,1H3. The molecule has 5 nitrogen and oxygen atoms in total. The smallest absolute Gasteiger partial charge is 0.204 e. The minimum Gasteiger partial charge on any atom is -0.291 e. The van der Waals surface area contributed by atoms with Gasteiger partial charge in [-0.05, 0) is 12.1 Å². The van der Waals surface area contributed by atoms with Gasteiger partial charge in [0.1, 0.15) is 0 Å². The molecule has 0 fully saturated rings. The van der Waals surface area contributed by atoms with E-state index in [1.165, 1.54) is 6.92 Å². The Morgan fingerprint density at radius 3 is 2.88 bits per heavy atom. The summed E-state index contributed by atoms with van der Waals surface area (Å²) in [6.45, 7) is 1.48. The summed E-state index contributed by atoms with van der Waals surface area (Å²) in [5.41, 5.74) is 2.25. The van der Waals surface area contributed by atoms with Crippen molar-refractivity contribution < 1.29 is 4.79 Å². The van der Waals surface area contributed by atoms with Gasteiger partial charge < -0.3 is 0 Å². The van der Waals surface area contributed by atoms with E-state index in [4.69, 9.17) is 0 Å². The molecule has 0 spiro atoms. The van der Waals surface area contributed by atoms with Gasteiger partial charge in [0.2, 0.25) is 5.82 Å². The molecule has 5 heteroatoms. The Morgan fingerprint density at radius 1 is 1.25 bits per heavy atom. The van der Waals surface area contributed by atoms with Crippen LogP contribution in [0.3, 0.4) is 0 Å². The summed E-state index contributed by atoms with van der Waals surface area (Å²) in [5.74, 6) is 0.234. The second-order valence-corrected chi connectivity index (χ2v) is 3.52. The summed E-state index contributed by atoms with van der Waals surface area (Å²) in [7, 11) is 0. The zero-order valence-corrected chi connectivity index (χ0v) is 8.58. The minimum absolute atomic E-state index is 0.108. The summed E-state index contributed by atoms with van der Waals surface area (Å²) in [6, 6.07) is 7.58. The first-order chi connectivity index (χ1) is 7.77. The lowest BCUT2D eigenvalue weighted by Crippen LogP contribution is -2.02. The number of hydrogen-bond donors (Lipinski definition) is 0. The number of ketones is 1. The number of carbonyl (C=O) groups is 1. The van der Waals surface area contributed by atoms with Crippen LogP contribution in [-0.2, 0) is 0 Å². The lowest BCUT2D eigenvalue weighted by Gasteiger charge is -2.01. The molecule has 3 rings (SSSR count). The number of benzene rings is 1. The van der Waals surface area contributed by atoms with E-state index in [0.717, 1.165) is 11.0 Å². The Kier molecular flexibility index (Phi) is 1.73. The van der Waals surface area contributed by atoms with E-state index >= 15 is 0 Å². The van der Waals surface area contributed by atoms with E-state index in [2.05, 4.69) is 15.2 Å². The van der Waals surface area contributed by atoms with Gasteiger partial charge in [0.05, 0.1) is 17.2 Å². The third-order valence-corrected chi connectivity index (χ3v) is 2.44. The van der Waals surface area contributed by atoms with E-state index in [0.29, 0.717) is 11.5 Å². The molecule has 1 aromatic carbocycles. The fourth-order valence-electron chi connectivity index (χ4n) is 1.74. The number of nitrogens with zero attached hydrogens (tertiary/aromatic N) is 4. The summed E-state index contributed by atoms with van der Waals surface area (Å²) < 4.78 is 1.73. The lowest BCUT2D eigenvalue weighted by atomic mass is 10.3. The fraction of sp³-hybridized carbons (Fsp3) is 0.0909. The highest BCUT2D eigenvalue weighted by Gasteiger charge is 2.12. The second-order valence-electron chi connectivity index (χ2n) is 3.52. The quantitative estimate of drug-likeness (QED) is 0.573. The normalized spacial score (nSPS) is 11.1. The van der Waals surface area contributed by atoms with E-state index in [1.54, 1.807) is 10.6 Å². The van der Waals surface area contributed by atoms with Gasteiger partial charge in [0.15, 0.2) is 11.4 Å². The van der Waals surface area contributed by atoms with Crippen LogP contribution >= 0.6 is 0 Å². The van der Waals surface area contributed by atoms with Crippen molar-refractivity contribution in [2.24, 2.45) is 0 Å². The molecule has 0 atom stereocenters. The van der Waals surface area contributed by atoms with Crippen LogP contribution in [0.5, 0.6) is 0 Å². The minimum atomic E-state index is -0.108. The maximum Gasteiger partial charge on any atom is 0.204 e. The largest absolute Gasteiger partial charge is 0.291 e. The molecule has 16 heavy (non-hydrogen) atoms. The van der Waals surface area contributed by atoms with E-state index < -0.39 is 0 Å². The first kappa shape index (κ1) is 8.96. The van der Waals surface area contributed by atoms with Gasteiger partial charge in [-0.2, -0.15) is 0 Å². The third-order valence-electron chi connectivity index (χ3n) is 2.44. The number of Topliss-reactive ketones (excluding diaryl/α,β-unsaturated/α-hetero) is 1. The Labute approximate surface area is 90.8 Å². The van der Waals surface area contributed by atoms with Gasteiger partial charge >= 0.3 is 0 Å². The maximum atomic E-state index is 11.4. The first-order valence-corrected chi connectivity index (χ1v) is 4.87. The van der Waals surface area contributed by atoms with Crippen LogP contribution in [0.4, 0.5) is 0 Å². The van der Waals surface area contributed by atoms with Gasteiger partial charge in [-0.15, -0.1) is 10.2 Å². The number of aromatic nitrogens is 4. The molecular formula is C11H8N4O. The van der Waals surface area contributed by atoms with Crippen LogP contribution in [-0.4, -0.2) is 25.4 Å². The van der Waals surface area contributed by atoms with Gasteiger partial charge in [-0.1, -0.05) is 12.1 Å². The van der Waals surface area contributed by atoms with E-state index in [-0.39, 0.29) is 5.78 Å². The Balaban J connectivity index is 2.56. The van der Waals surface area contributed by atoms with Crippen molar-refractivity contribution in [1.29, 1.82) is 0 Å². The van der Waals surface area contributed by atoms with Gasteiger partial charge in [0, 0.05) is 6.92 Å². The number of para-hydroxylation sites is 2. The van der Waals surface area contributed by atoms with Crippen LogP contribution in [0.1, 0.15) is 17.5 Å². The summed E-state index contributed by atoms with van der Waals surface area (Å²) in [6.07, 6.45) is 1.61. The van der Waals surface area contributed by atoms with E-state index in [1.807, 2.05) is 24.3 Å². The molecular weight excluding hydrogens is 204 g/mol. The highest BCUT2D eigenvalue weighted by Crippen LogP contribution is 2.14. The molecule has 2 aromatic heterocycles. The van der Waals surface area contributed by atoms with Crippen LogP contribution < -0.4 is 0 Å². The Hall–Kier alpha value is -2.30. The predicted octanol–water partition coefficient (Wildman–Crippen LogP) is 1.48. The van der Waals surface area contributed by atoms with Crippen LogP contribution in [0.25, 0.3) is 16.7 Å². The van der Waals surface area contributed by atoms with Gasteiger partial charge in [0.25, 0.3) is 0 Å². The van der Waals surface area contributed by atoms with Crippen molar-refractivity contribution in [2.75, 3.05) is 0 Å². The average Bonchev–Trinajstić information content (AvgIpc) is 2.73. The molecule has 3 aromatic rings. The molecule has 0 N–H and O–H groups in total. The first-order valence-electron chi connectivity index (χ1n) is 4.87. The molecule has 0 saturated heterocycles. The van der Waals surface area contributed by atoms with Gasteiger partial charge in [-0.3, -0.25) is 14.2 Å². The molecule has 0 amide bonds. The lowest BCUT2D eigenvalue weighted by molar-refractivity contribution is 0.100. The number of fused-ring (bicyclic) bond motifs is 3. The molecule has 0 saturated carbocycles. The molecule has 0 aliphatic carbocycles. The van der Waals surface area contributed by atoms with E-state index in [9.17, 15) is 4.79 Å². The molecule has 0 bridgehead atoms. The van der Waals surface area contributed by atoms with Crippen molar-refractivity contribution in [3.05, 3.63) is 36.3 Å². The molecule has 2 heterocycles. The molecule has 0 aliphatic heterocycles. The Morgan fingerprint density at radius 2 is 2.06 bits per heavy atom. The summed E-state index contributed by atoms with van der Waals surface area (Å²) in [4.78, 5) is 15.7. The SMILES string of the molecule is CC(=O)c1nnc2cnc3ccccc3n12. The van der Waals surface area contributed by atoms with Crippen LogP contribution in [0.2, 0.25) is 0 Å². The highest BCUT2D eigenvalue weighted by atomic mass is 16.1. The monoisotopic (exact) mass is 212 g/mol. The third kappa shape index (κ3) is 1.11. The molecule has 0 aliphatic rings. The van der Waals surface area contributed by atoms with Gasteiger partial charge in [-0.25, -0.2) is 0 Å². The maximum absolute atomic E-state index is 11.4.